The molecule has 0 bridgehead atoms. The van der Waals surface area contributed by atoms with Crippen molar-refractivity contribution in [2.24, 2.45) is 0 Å². The van der Waals surface area contributed by atoms with Crippen LogP contribution in [0.5, 0.6) is 5.19 Å². The molecule has 168 valence electrons. The molecular weight excluding hydrogens is 442 g/mol. The Morgan fingerprint density at radius 1 is 1.29 bits per heavy atom. The molecule has 1 aliphatic rings. The molecule has 31 heavy (non-hydrogen) atoms. The van der Waals surface area contributed by atoms with Crippen LogP contribution in [0.25, 0.3) is 0 Å². The number of unbranched alkanes of at least 4 members (excludes halogenated alkanes) is 3. The second kappa shape index (κ2) is 11.8. The molecule has 1 fully saturated rings. The third-order valence-corrected chi connectivity index (χ3v) is 5.77. The van der Waals surface area contributed by atoms with Crippen molar-refractivity contribution in [3.8, 4) is 5.19 Å². The number of carbonyl (C=O) groups is 2. The maximum atomic E-state index is 13.0. The lowest BCUT2D eigenvalue weighted by Gasteiger charge is -2.19. The van der Waals surface area contributed by atoms with Crippen molar-refractivity contribution in [3.05, 3.63) is 30.1 Å². The minimum atomic E-state index is -0.833. The monoisotopic (exact) mass is 467 g/mol. The van der Waals surface area contributed by atoms with E-state index < -0.39 is 12.2 Å². The number of hydrogen-bond donors (Lipinski definition) is 0. The Labute approximate surface area is 190 Å². The summed E-state index contributed by atoms with van der Waals surface area (Å²) in [6, 6.07) is 2.95. The molecule has 0 aliphatic carbocycles. The highest BCUT2D eigenvalue weighted by Gasteiger charge is 2.42. The van der Waals surface area contributed by atoms with Gasteiger partial charge < -0.3 is 14.4 Å². The smallest absolute Gasteiger partial charge is 0.341 e. The second-order valence-corrected chi connectivity index (χ2v) is 8.30. The Morgan fingerprint density at radius 3 is 2.90 bits per heavy atom. The summed E-state index contributed by atoms with van der Waals surface area (Å²) in [5.74, 6) is -0.134. The Balaban J connectivity index is 1.70. The average molecular weight is 468 g/mol. The third-order valence-electron chi connectivity index (χ3n) is 4.67. The first kappa shape index (κ1) is 23.2. The predicted octanol–water partition coefficient (Wildman–Crippen LogP) is 3.95. The van der Waals surface area contributed by atoms with E-state index in [1.807, 2.05) is 0 Å². The van der Waals surface area contributed by atoms with Gasteiger partial charge in [0.25, 0.3) is 5.19 Å². The zero-order valence-electron chi connectivity index (χ0n) is 17.4. The number of alkyl halides is 1. The Kier molecular flexibility index (Phi) is 8.84. The van der Waals surface area contributed by atoms with Crippen molar-refractivity contribution in [3.63, 3.8) is 0 Å². The molecule has 9 nitrogen and oxygen atoms in total. The lowest BCUT2D eigenvalue weighted by molar-refractivity contribution is 0.0325. The van der Waals surface area contributed by atoms with E-state index in [9.17, 15) is 9.59 Å². The summed E-state index contributed by atoms with van der Waals surface area (Å²) in [6.45, 7) is 3.37. The number of esters is 1. The van der Waals surface area contributed by atoms with Crippen LogP contribution in [0.4, 0.5) is 9.93 Å². The van der Waals surface area contributed by atoms with E-state index in [2.05, 4.69) is 22.1 Å². The molecule has 0 aromatic carbocycles. The number of nitrogens with zero attached hydrogens (tertiary/aromatic N) is 5. The number of amides is 2. The van der Waals surface area contributed by atoms with Crippen molar-refractivity contribution in [1.82, 2.24) is 20.1 Å². The Morgan fingerprint density at radius 2 is 2.16 bits per heavy atom. The standard InChI is InChI=1S/C20H26ClN5O4S/c1-2-3-4-5-12-29-19-24-23-18(31-19)26-16(14-25(20(26)28)11-7-9-21)30-17(27)15-8-6-10-22-13-15/h6,8,10,13,16H,2-5,7,9,11-12,14H2,1H3. The zero-order chi connectivity index (χ0) is 22.1. The van der Waals surface area contributed by atoms with Gasteiger partial charge in [0.15, 0.2) is 0 Å². The summed E-state index contributed by atoms with van der Waals surface area (Å²) in [5, 5.41) is 8.85. The van der Waals surface area contributed by atoms with Gasteiger partial charge in [-0.15, -0.1) is 16.7 Å². The van der Waals surface area contributed by atoms with Crippen LogP contribution in [0.3, 0.4) is 0 Å². The highest BCUT2D eigenvalue weighted by molar-refractivity contribution is 7.17. The van der Waals surface area contributed by atoms with Gasteiger partial charge in [-0.2, -0.15) is 0 Å². The van der Waals surface area contributed by atoms with Crippen molar-refractivity contribution < 1.29 is 19.1 Å². The first-order chi connectivity index (χ1) is 15.1. The molecule has 0 spiro atoms. The maximum absolute atomic E-state index is 13.0. The van der Waals surface area contributed by atoms with E-state index >= 15 is 0 Å². The van der Waals surface area contributed by atoms with Gasteiger partial charge in [0, 0.05) is 24.8 Å². The quantitative estimate of drug-likeness (QED) is 0.265. The summed E-state index contributed by atoms with van der Waals surface area (Å²) < 4.78 is 11.3. The SMILES string of the molecule is CCCCCCOc1nnc(N2C(=O)N(CCCCl)CC2OC(=O)c2cccnc2)s1. The number of carbonyl (C=O) groups excluding carboxylic acids is 2. The Hall–Kier alpha value is -2.46. The lowest BCUT2D eigenvalue weighted by Crippen LogP contribution is -2.37. The topological polar surface area (TPSA) is 97.8 Å². The molecule has 1 aliphatic heterocycles. The van der Waals surface area contributed by atoms with E-state index in [-0.39, 0.29) is 12.6 Å². The molecular formula is C20H26ClN5O4S. The van der Waals surface area contributed by atoms with Crippen molar-refractivity contribution in [2.75, 3.05) is 30.5 Å². The zero-order valence-corrected chi connectivity index (χ0v) is 19.0. The Bertz CT molecular complexity index is 853. The largest absolute Gasteiger partial charge is 0.469 e. The van der Waals surface area contributed by atoms with Gasteiger partial charge in [-0.3, -0.25) is 4.98 Å². The van der Waals surface area contributed by atoms with Gasteiger partial charge >= 0.3 is 12.0 Å². The average Bonchev–Trinajstić information content (AvgIpc) is 3.36. The van der Waals surface area contributed by atoms with Gasteiger partial charge in [0.1, 0.15) is 0 Å². The van der Waals surface area contributed by atoms with Gasteiger partial charge in [-0.25, -0.2) is 14.5 Å². The summed E-state index contributed by atoms with van der Waals surface area (Å²) in [4.78, 5) is 32.4. The van der Waals surface area contributed by atoms with Crippen molar-refractivity contribution >= 4 is 40.1 Å². The van der Waals surface area contributed by atoms with E-state index in [1.165, 1.54) is 11.1 Å². The highest BCUT2D eigenvalue weighted by Crippen LogP contribution is 2.32. The fourth-order valence-corrected chi connectivity index (χ4v) is 3.95. The van der Waals surface area contributed by atoms with Crippen LogP contribution in [0.2, 0.25) is 0 Å². The molecule has 1 unspecified atom stereocenters. The predicted molar refractivity (Wildman–Crippen MR) is 118 cm³/mol. The fraction of sp³-hybridized carbons (Fsp3) is 0.550. The van der Waals surface area contributed by atoms with Crippen LogP contribution in [0.15, 0.2) is 24.5 Å². The van der Waals surface area contributed by atoms with E-state index in [4.69, 9.17) is 21.1 Å². The maximum Gasteiger partial charge on any atom is 0.341 e. The molecule has 2 amide bonds. The molecule has 0 radical (unpaired) electrons. The minimum Gasteiger partial charge on any atom is -0.469 e. The summed E-state index contributed by atoms with van der Waals surface area (Å²) in [5.41, 5.74) is 0.308. The van der Waals surface area contributed by atoms with E-state index in [1.54, 1.807) is 23.2 Å². The van der Waals surface area contributed by atoms with Gasteiger partial charge in [0.2, 0.25) is 11.4 Å². The molecule has 0 saturated carbocycles. The number of hydrogen-bond acceptors (Lipinski definition) is 8. The molecule has 1 atom stereocenters. The van der Waals surface area contributed by atoms with Crippen LogP contribution >= 0.6 is 22.9 Å². The number of ether oxygens (including phenoxy) is 2. The first-order valence-electron chi connectivity index (χ1n) is 10.4. The van der Waals surface area contributed by atoms with Crippen molar-refractivity contribution in [1.29, 1.82) is 0 Å². The van der Waals surface area contributed by atoms with Gasteiger partial charge in [-0.1, -0.05) is 31.3 Å². The third kappa shape index (κ3) is 6.27. The first-order valence-corrected chi connectivity index (χ1v) is 11.7. The number of anilines is 1. The van der Waals surface area contributed by atoms with Crippen LogP contribution in [0, 0.1) is 0 Å². The molecule has 3 rings (SSSR count). The number of urea groups is 1. The highest BCUT2D eigenvalue weighted by atomic mass is 35.5. The van der Waals surface area contributed by atoms with Gasteiger partial charge in [-0.05, 0) is 36.3 Å². The minimum absolute atomic E-state index is 0.217. The van der Waals surface area contributed by atoms with Crippen LogP contribution < -0.4 is 9.64 Å². The molecule has 0 N–H and O–H groups in total. The number of aromatic nitrogens is 3. The molecule has 11 heteroatoms. The summed E-state index contributed by atoms with van der Waals surface area (Å²) in [7, 11) is 0. The molecule has 2 aromatic heterocycles. The van der Waals surface area contributed by atoms with E-state index in [0.717, 1.165) is 37.0 Å². The normalized spacial score (nSPS) is 16.1. The number of halogens is 1. The van der Waals surface area contributed by atoms with Gasteiger partial charge in [0.05, 0.1) is 18.7 Å². The molecule has 3 heterocycles. The summed E-state index contributed by atoms with van der Waals surface area (Å²) >= 11 is 6.94. The molecule has 1 saturated heterocycles. The van der Waals surface area contributed by atoms with Crippen molar-refractivity contribution in [2.45, 2.75) is 45.3 Å². The molecule has 2 aromatic rings. The van der Waals surface area contributed by atoms with Crippen LogP contribution in [0.1, 0.15) is 49.4 Å². The summed E-state index contributed by atoms with van der Waals surface area (Å²) in [6.07, 6.45) is 7.13. The number of rotatable bonds is 12. The van der Waals surface area contributed by atoms with E-state index in [0.29, 0.717) is 41.3 Å². The number of pyridine rings is 1. The fourth-order valence-electron chi connectivity index (χ4n) is 3.08. The van der Waals surface area contributed by atoms with Crippen LogP contribution in [-0.2, 0) is 4.74 Å². The lowest BCUT2D eigenvalue weighted by atomic mass is 10.2. The second-order valence-electron chi connectivity index (χ2n) is 7.00. The van der Waals surface area contributed by atoms with Crippen LogP contribution in [-0.4, -0.2) is 63.9 Å².